The maximum Gasteiger partial charge on any atom is 0.340 e. The molecule has 0 radical (unpaired) electrons. The van der Waals surface area contributed by atoms with Crippen LogP contribution < -0.4 is 4.18 Å². The molecule has 170 valence electrons. The Morgan fingerprint density at radius 1 is 1.13 bits per heavy atom. The summed E-state index contributed by atoms with van der Waals surface area (Å²) in [7, 11) is -4.06. The van der Waals surface area contributed by atoms with Crippen LogP contribution in [0, 0.1) is 12.3 Å². The molecule has 31 heavy (non-hydrogen) atoms. The first kappa shape index (κ1) is 25.2. The molecule has 2 aromatic carbocycles. The number of nitrogens with zero attached hydrogens (tertiary/aromatic N) is 1. The third-order valence-electron chi connectivity index (χ3n) is 5.02. The molecule has 1 unspecified atom stereocenters. The van der Waals surface area contributed by atoms with Crippen LogP contribution in [0.3, 0.4) is 0 Å². The number of aryl methyl sites for hydroxylation is 1. The molecule has 0 aliphatic heterocycles. The maximum absolute atomic E-state index is 12.8. The monoisotopic (exact) mass is 465 g/mol. The van der Waals surface area contributed by atoms with Gasteiger partial charge in [0.1, 0.15) is 10.6 Å². The van der Waals surface area contributed by atoms with Crippen molar-refractivity contribution in [1.82, 2.24) is 4.90 Å². The molecule has 7 heteroatoms. The largest absolute Gasteiger partial charge is 0.379 e. The summed E-state index contributed by atoms with van der Waals surface area (Å²) in [6.45, 7) is 12.4. The fourth-order valence-electron chi connectivity index (χ4n) is 3.21. The van der Waals surface area contributed by atoms with Crippen molar-refractivity contribution >= 4 is 27.6 Å². The molecule has 0 aliphatic carbocycles. The molecular weight excluding hydrogens is 434 g/mol. The highest BCUT2D eigenvalue weighted by molar-refractivity contribution is 7.87. The number of amides is 1. The van der Waals surface area contributed by atoms with E-state index in [-0.39, 0.29) is 33.0 Å². The van der Waals surface area contributed by atoms with Crippen molar-refractivity contribution in [2.24, 2.45) is 5.41 Å². The van der Waals surface area contributed by atoms with Crippen molar-refractivity contribution in [3.63, 3.8) is 0 Å². The van der Waals surface area contributed by atoms with Gasteiger partial charge in [-0.1, -0.05) is 63.6 Å². The van der Waals surface area contributed by atoms with Crippen molar-refractivity contribution in [3.8, 4) is 5.75 Å². The van der Waals surface area contributed by atoms with E-state index in [1.165, 1.54) is 6.07 Å². The number of carbonyl (C=O) groups excluding carboxylic acids is 1. The smallest absolute Gasteiger partial charge is 0.340 e. The van der Waals surface area contributed by atoms with E-state index in [0.717, 1.165) is 12.0 Å². The predicted octanol–water partition coefficient (Wildman–Crippen LogP) is 5.98. The minimum absolute atomic E-state index is 0.0311. The van der Waals surface area contributed by atoms with Gasteiger partial charge in [0.2, 0.25) is 5.91 Å². The fourth-order valence-corrected chi connectivity index (χ4v) is 4.94. The average molecular weight is 466 g/mol. The number of benzene rings is 2. The molecule has 5 nitrogen and oxygen atoms in total. The Morgan fingerprint density at radius 2 is 1.74 bits per heavy atom. The molecule has 1 amide bonds. The van der Waals surface area contributed by atoms with Crippen molar-refractivity contribution in [2.45, 2.75) is 71.9 Å². The topological polar surface area (TPSA) is 63.7 Å². The lowest BCUT2D eigenvalue weighted by atomic mass is 9.91. The Labute approximate surface area is 191 Å². The minimum Gasteiger partial charge on any atom is -0.379 e. The van der Waals surface area contributed by atoms with Gasteiger partial charge in [-0.25, -0.2) is 0 Å². The van der Waals surface area contributed by atoms with Crippen LogP contribution in [-0.2, 0) is 21.5 Å². The third-order valence-corrected chi connectivity index (χ3v) is 6.90. The molecule has 0 N–H and O–H groups in total. The van der Waals surface area contributed by atoms with Gasteiger partial charge in [0, 0.05) is 19.0 Å². The van der Waals surface area contributed by atoms with Crippen LogP contribution >= 0.6 is 11.6 Å². The predicted molar refractivity (Wildman–Crippen MR) is 125 cm³/mol. The van der Waals surface area contributed by atoms with Gasteiger partial charge in [-0.15, -0.1) is 0 Å². The summed E-state index contributed by atoms with van der Waals surface area (Å²) in [5, 5.41) is 0.123. The number of hydrogen-bond donors (Lipinski definition) is 0. The van der Waals surface area contributed by atoms with Gasteiger partial charge in [0.25, 0.3) is 0 Å². The van der Waals surface area contributed by atoms with Crippen LogP contribution in [0.25, 0.3) is 0 Å². The fraction of sp³-hybridized carbons (Fsp3) is 0.458. The van der Waals surface area contributed by atoms with E-state index >= 15 is 0 Å². The first-order valence-electron chi connectivity index (χ1n) is 10.4. The molecule has 2 aromatic rings. The van der Waals surface area contributed by atoms with Gasteiger partial charge >= 0.3 is 10.1 Å². The molecule has 1 atom stereocenters. The minimum atomic E-state index is -4.06. The van der Waals surface area contributed by atoms with E-state index in [9.17, 15) is 13.2 Å². The summed E-state index contributed by atoms with van der Waals surface area (Å²) in [6, 6.07) is 11.7. The zero-order valence-electron chi connectivity index (χ0n) is 19.1. The maximum atomic E-state index is 12.8. The lowest BCUT2D eigenvalue weighted by molar-refractivity contribution is -0.135. The number of hydrogen-bond acceptors (Lipinski definition) is 4. The summed E-state index contributed by atoms with van der Waals surface area (Å²) in [4.78, 5) is 14.7. The average Bonchev–Trinajstić information content (AvgIpc) is 2.64. The summed E-state index contributed by atoms with van der Waals surface area (Å²) < 4.78 is 30.7. The van der Waals surface area contributed by atoms with E-state index in [0.29, 0.717) is 18.5 Å². The molecule has 0 aromatic heterocycles. The standard InChI is InChI=1S/C24H32ClNO4S/c1-7-18(3)26(22(27)15-24(4,5)6)16-19-11-13-20(14-12-19)30-31(28,29)23-17(2)9-8-10-21(23)25/h8-14,18H,7,15-16H2,1-6H3. The second-order valence-electron chi connectivity index (χ2n) is 9.08. The summed E-state index contributed by atoms with van der Waals surface area (Å²) >= 11 is 6.08. The number of rotatable bonds is 8. The molecule has 2 rings (SSSR count). The molecular formula is C24H32ClNO4S. The Morgan fingerprint density at radius 3 is 2.26 bits per heavy atom. The highest BCUT2D eigenvalue weighted by atomic mass is 35.5. The van der Waals surface area contributed by atoms with Gasteiger partial charge in [-0.2, -0.15) is 8.42 Å². The SMILES string of the molecule is CCC(C)N(Cc1ccc(OS(=O)(=O)c2c(C)cccc2Cl)cc1)C(=O)CC(C)(C)C. The summed E-state index contributed by atoms with van der Waals surface area (Å²) in [5.41, 5.74) is 1.33. The van der Waals surface area contributed by atoms with E-state index in [4.69, 9.17) is 15.8 Å². The number of carbonyl (C=O) groups is 1. The van der Waals surface area contributed by atoms with Crippen molar-refractivity contribution in [3.05, 3.63) is 58.6 Å². The van der Waals surface area contributed by atoms with Crippen LogP contribution in [0.15, 0.2) is 47.4 Å². The second kappa shape index (κ2) is 10.0. The molecule has 0 spiro atoms. The van der Waals surface area contributed by atoms with Gasteiger partial charge in [-0.05, 0) is 55.0 Å². The first-order valence-corrected chi connectivity index (χ1v) is 12.2. The van der Waals surface area contributed by atoms with Crippen molar-refractivity contribution in [2.75, 3.05) is 0 Å². The van der Waals surface area contributed by atoms with Gasteiger partial charge < -0.3 is 9.08 Å². The highest BCUT2D eigenvalue weighted by Crippen LogP contribution is 2.28. The van der Waals surface area contributed by atoms with Crippen LogP contribution in [0.5, 0.6) is 5.75 Å². The van der Waals surface area contributed by atoms with E-state index in [2.05, 4.69) is 6.92 Å². The van der Waals surface area contributed by atoms with Crippen LogP contribution in [0.2, 0.25) is 5.02 Å². The molecule has 0 heterocycles. The molecule has 0 saturated heterocycles. The molecule has 0 fully saturated rings. The number of halogens is 1. The Bertz CT molecular complexity index is 991. The summed E-state index contributed by atoms with van der Waals surface area (Å²) in [5.74, 6) is 0.304. The molecule has 0 aliphatic rings. The van der Waals surface area contributed by atoms with E-state index in [1.54, 1.807) is 43.3 Å². The quantitative estimate of drug-likeness (QED) is 0.450. The van der Waals surface area contributed by atoms with Crippen molar-refractivity contribution in [1.29, 1.82) is 0 Å². The second-order valence-corrected chi connectivity index (χ2v) is 11.0. The van der Waals surface area contributed by atoms with Crippen LogP contribution in [0.1, 0.15) is 58.6 Å². The van der Waals surface area contributed by atoms with Crippen molar-refractivity contribution < 1.29 is 17.4 Å². The van der Waals surface area contributed by atoms with Crippen LogP contribution in [-0.4, -0.2) is 25.3 Å². The Hall–Kier alpha value is -2.05. The van der Waals surface area contributed by atoms with E-state index < -0.39 is 10.1 Å². The molecule has 0 bridgehead atoms. The summed E-state index contributed by atoms with van der Waals surface area (Å²) in [6.07, 6.45) is 1.32. The molecule has 0 saturated carbocycles. The lowest BCUT2D eigenvalue weighted by Crippen LogP contribution is -2.39. The highest BCUT2D eigenvalue weighted by Gasteiger charge is 2.25. The zero-order valence-corrected chi connectivity index (χ0v) is 20.7. The first-order chi connectivity index (χ1) is 14.3. The Kier molecular flexibility index (Phi) is 8.17. The third kappa shape index (κ3) is 6.97. The van der Waals surface area contributed by atoms with Gasteiger partial charge in [0.05, 0.1) is 5.02 Å². The van der Waals surface area contributed by atoms with Crippen LogP contribution in [0.4, 0.5) is 0 Å². The Balaban J connectivity index is 2.19. The van der Waals surface area contributed by atoms with E-state index in [1.807, 2.05) is 32.6 Å². The zero-order chi connectivity index (χ0) is 23.4. The normalized spacial score (nSPS) is 13.0. The van der Waals surface area contributed by atoms with Gasteiger partial charge in [0.15, 0.2) is 0 Å². The van der Waals surface area contributed by atoms with Gasteiger partial charge in [-0.3, -0.25) is 4.79 Å². The lowest BCUT2D eigenvalue weighted by Gasteiger charge is -2.31.